The lowest BCUT2D eigenvalue weighted by Gasteiger charge is -2.21. The van der Waals surface area contributed by atoms with E-state index in [9.17, 15) is 40.5 Å². The predicted octanol–water partition coefficient (Wildman–Crippen LogP) is 5.67. The number of non-ortho nitro benzene ring substituents is 4. The lowest BCUT2D eigenvalue weighted by molar-refractivity contribution is -0.385. The van der Waals surface area contributed by atoms with Crippen LogP contribution < -0.4 is 21.2 Å². The number of benzene rings is 4. The van der Waals surface area contributed by atoms with Crippen LogP contribution in [-0.2, 0) is 0 Å². The minimum absolute atomic E-state index is 0.0192. The van der Waals surface area contributed by atoms with E-state index in [1.165, 1.54) is 48.5 Å². The highest BCUT2D eigenvalue weighted by molar-refractivity contribution is 7.73. The van der Waals surface area contributed by atoms with E-state index in [2.05, 4.69) is 0 Å². The summed E-state index contributed by atoms with van der Waals surface area (Å²) in [5.41, 5.74) is -0.0769. The van der Waals surface area contributed by atoms with Gasteiger partial charge in [0, 0.05) is 48.5 Å². The Morgan fingerprint density at radius 1 is 0.381 bits per heavy atom. The molecule has 0 saturated carbocycles. The molecule has 0 unspecified atom stereocenters. The highest BCUT2D eigenvalue weighted by Crippen LogP contribution is 2.39. The first-order valence-electron chi connectivity index (χ1n) is 12.7. The normalized spacial score (nSPS) is 11.0. The molecule has 0 radical (unpaired) electrons. The Balaban J connectivity index is 1.55. The Morgan fingerprint density at radius 2 is 0.571 bits per heavy atom. The van der Waals surface area contributed by atoms with Crippen molar-refractivity contribution in [1.29, 1.82) is 0 Å². The van der Waals surface area contributed by atoms with Gasteiger partial charge in [-0.25, -0.2) is 0 Å². The summed E-state index contributed by atoms with van der Waals surface area (Å²) in [6.45, 7) is 0. The number of hydrogen-bond acceptors (Lipinski definition) is 8. The van der Waals surface area contributed by atoms with Gasteiger partial charge in [0.25, 0.3) is 22.7 Å². The second kappa shape index (κ2) is 13.8. The zero-order valence-electron chi connectivity index (χ0n) is 22.0. The molecule has 0 N–H and O–H groups in total. The number of rotatable bonds is 13. The van der Waals surface area contributed by atoms with Gasteiger partial charge in [-0.3, -0.25) is 40.5 Å². The van der Waals surface area contributed by atoms with Crippen molar-refractivity contribution in [2.75, 3.05) is 12.3 Å². The second-order valence-electron chi connectivity index (χ2n) is 9.10. The van der Waals surface area contributed by atoms with Crippen LogP contribution in [0.15, 0.2) is 97.1 Å². The second-order valence-corrected chi connectivity index (χ2v) is 13.8. The molecule has 0 aliphatic carbocycles. The first-order chi connectivity index (χ1) is 20.1. The molecule has 4 rings (SSSR count). The first-order valence-corrected chi connectivity index (χ1v) is 15.7. The van der Waals surface area contributed by atoms with Gasteiger partial charge in [-0.15, -0.1) is 0 Å². The van der Waals surface area contributed by atoms with Crippen LogP contribution in [0.25, 0.3) is 0 Å². The molecule has 4 aromatic carbocycles. The Kier molecular flexibility index (Phi) is 9.96. The minimum atomic E-state index is -0.965. The summed E-state index contributed by atoms with van der Waals surface area (Å²) in [4.78, 5) is 42.7. The maximum absolute atomic E-state index is 11.1. The Bertz CT molecular complexity index is 1350. The third-order valence-corrected chi connectivity index (χ3v) is 11.7. The fourth-order valence-electron chi connectivity index (χ4n) is 4.37. The molecule has 0 amide bonds. The molecule has 0 fully saturated rings. The first kappa shape index (κ1) is 30.3. The molecule has 0 heterocycles. The average molecular weight is 606 g/mol. The van der Waals surface area contributed by atoms with E-state index in [1.54, 1.807) is 48.5 Å². The van der Waals surface area contributed by atoms with E-state index in [4.69, 9.17) is 0 Å². The molecule has 14 heteroatoms. The van der Waals surface area contributed by atoms with Crippen molar-refractivity contribution in [3.05, 3.63) is 138 Å². The molecule has 0 aliphatic rings. The van der Waals surface area contributed by atoms with Gasteiger partial charge >= 0.3 is 0 Å². The van der Waals surface area contributed by atoms with Crippen LogP contribution in [0.3, 0.4) is 0 Å². The summed E-state index contributed by atoms with van der Waals surface area (Å²) >= 11 is 0. The van der Waals surface area contributed by atoms with Crippen LogP contribution in [0.4, 0.5) is 22.7 Å². The lowest BCUT2D eigenvalue weighted by Crippen LogP contribution is -2.16. The van der Waals surface area contributed by atoms with Crippen molar-refractivity contribution >= 4 is 59.8 Å². The number of nitro groups is 4. The maximum Gasteiger partial charge on any atom is 0.269 e. The summed E-state index contributed by atoms with van der Waals surface area (Å²) in [5.74, 6) is 0. The van der Waals surface area contributed by atoms with Crippen molar-refractivity contribution in [2.45, 2.75) is 12.8 Å². The van der Waals surface area contributed by atoms with E-state index in [0.29, 0.717) is 0 Å². The SMILES string of the molecule is O=[N+]([O-])c1ccc(P(CCCCP(c2ccc([N+](=O)[O-])cc2)c2ccc([N+](=O)[O-])cc2)c2ccc([N+](=O)[O-])cc2)cc1. The van der Waals surface area contributed by atoms with E-state index in [0.717, 1.165) is 46.4 Å². The lowest BCUT2D eigenvalue weighted by atomic mass is 10.3. The molecule has 0 spiro atoms. The molecule has 0 aromatic heterocycles. The predicted molar refractivity (Wildman–Crippen MR) is 164 cm³/mol. The van der Waals surface area contributed by atoms with Crippen LogP contribution in [0.1, 0.15) is 12.8 Å². The van der Waals surface area contributed by atoms with E-state index < -0.39 is 35.5 Å². The zero-order valence-corrected chi connectivity index (χ0v) is 23.8. The molecule has 0 atom stereocenters. The van der Waals surface area contributed by atoms with Gasteiger partial charge in [-0.05, 0) is 111 Å². The standard InChI is InChI=1S/C28H24N4O8P2/c33-29(34)21-3-11-25(12-4-21)41(26-13-5-22(6-14-26)30(35)36)19-1-2-20-42(27-15-7-23(8-16-27)31(37)38)28-17-9-24(10-18-28)32(39)40/h3-18H,1-2,19-20H2. The molecule has 214 valence electrons. The van der Waals surface area contributed by atoms with E-state index in [1.807, 2.05) is 0 Å². The van der Waals surface area contributed by atoms with Gasteiger partial charge in [-0.1, -0.05) is 0 Å². The zero-order chi connectivity index (χ0) is 30.2. The highest BCUT2D eigenvalue weighted by Gasteiger charge is 2.20. The van der Waals surface area contributed by atoms with Crippen LogP contribution in [0.5, 0.6) is 0 Å². The maximum atomic E-state index is 11.1. The van der Waals surface area contributed by atoms with Crippen molar-refractivity contribution in [2.24, 2.45) is 0 Å². The molecule has 0 bridgehead atoms. The molecule has 12 nitrogen and oxygen atoms in total. The van der Waals surface area contributed by atoms with Gasteiger partial charge in [0.2, 0.25) is 0 Å². The summed E-state index contributed by atoms with van der Waals surface area (Å²) in [6.07, 6.45) is 3.01. The van der Waals surface area contributed by atoms with Crippen LogP contribution in [-0.4, -0.2) is 32.0 Å². The molecule has 4 aromatic rings. The monoisotopic (exact) mass is 606 g/mol. The molecular weight excluding hydrogens is 582 g/mol. The third-order valence-electron chi connectivity index (χ3n) is 6.50. The number of nitro benzene ring substituents is 4. The largest absolute Gasteiger partial charge is 0.269 e. The highest BCUT2D eigenvalue weighted by atomic mass is 31.1. The fraction of sp³-hybridized carbons (Fsp3) is 0.143. The molecule has 0 saturated heterocycles. The van der Waals surface area contributed by atoms with Crippen LogP contribution in [0.2, 0.25) is 0 Å². The van der Waals surface area contributed by atoms with E-state index >= 15 is 0 Å². The van der Waals surface area contributed by atoms with Crippen LogP contribution in [0, 0.1) is 40.5 Å². The topological polar surface area (TPSA) is 173 Å². The molecule has 0 aliphatic heterocycles. The van der Waals surface area contributed by atoms with Gasteiger partial charge < -0.3 is 0 Å². The fourth-order valence-corrected chi connectivity index (χ4v) is 9.12. The molecule has 42 heavy (non-hydrogen) atoms. The van der Waals surface area contributed by atoms with Gasteiger partial charge in [0.05, 0.1) is 19.7 Å². The van der Waals surface area contributed by atoms with Crippen molar-refractivity contribution in [3.63, 3.8) is 0 Å². The summed E-state index contributed by atoms with van der Waals surface area (Å²) in [5, 5.41) is 48.2. The Labute approximate surface area is 242 Å². The number of hydrogen-bond donors (Lipinski definition) is 0. The minimum Gasteiger partial charge on any atom is -0.258 e. The summed E-state index contributed by atoms with van der Waals surface area (Å²) in [7, 11) is -1.93. The van der Waals surface area contributed by atoms with E-state index in [-0.39, 0.29) is 22.7 Å². The summed E-state index contributed by atoms with van der Waals surface area (Å²) in [6, 6.07) is 25.5. The van der Waals surface area contributed by atoms with Gasteiger partial charge in [0.1, 0.15) is 0 Å². The third kappa shape index (κ3) is 7.54. The molecular formula is C28H24N4O8P2. The average Bonchev–Trinajstić information content (AvgIpc) is 2.99. The van der Waals surface area contributed by atoms with Gasteiger partial charge in [0.15, 0.2) is 0 Å². The number of nitrogens with zero attached hydrogens (tertiary/aromatic N) is 4. The Morgan fingerprint density at radius 3 is 0.738 bits per heavy atom. The Hall–Kier alpha value is -4.66. The van der Waals surface area contributed by atoms with Crippen molar-refractivity contribution in [3.8, 4) is 0 Å². The quantitative estimate of drug-likeness (QED) is 0.0811. The van der Waals surface area contributed by atoms with Crippen LogP contribution >= 0.6 is 15.8 Å². The van der Waals surface area contributed by atoms with Gasteiger partial charge in [-0.2, -0.15) is 0 Å². The smallest absolute Gasteiger partial charge is 0.258 e. The van der Waals surface area contributed by atoms with Crippen molar-refractivity contribution in [1.82, 2.24) is 0 Å². The number of unbranched alkanes of at least 4 members (excludes halogenated alkanes) is 1. The summed E-state index contributed by atoms with van der Waals surface area (Å²) < 4.78 is 0. The van der Waals surface area contributed by atoms with Crippen molar-refractivity contribution < 1.29 is 19.7 Å².